The van der Waals surface area contributed by atoms with Crippen LogP contribution in [-0.2, 0) is 0 Å². The van der Waals surface area contributed by atoms with Gasteiger partial charge in [0.25, 0.3) is 0 Å². The lowest BCUT2D eigenvalue weighted by atomic mass is 9.81. The molecular formula is C12H29N3. The van der Waals surface area contributed by atoms with Crippen LogP contribution >= 0.6 is 0 Å². The maximum absolute atomic E-state index is 5.69. The number of hydrogen-bond donors (Lipinski definition) is 2. The predicted molar refractivity (Wildman–Crippen MR) is 67.6 cm³/mol. The first-order valence-electron chi connectivity index (χ1n) is 6.37. The molecule has 15 heavy (non-hydrogen) atoms. The maximum Gasteiger partial charge on any atom is 0.0391 e. The van der Waals surface area contributed by atoms with Gasteiger partial charge in [-0.05, 0) is 32.4 Å². The van der Waals surface area contributed by atoms with Gasteiger partial charge in [-0.3, -0.25) is 16.2 Å². The Morgan fingerprint density at radius 2 is 1.53 bits per heavy atom. The normalized spacial score (nSPS) is 14.6. The second kappa shape index (κ2) is 7.20. The SMILES string of the molecule is CCC(NN)C(CC)(CC)N(CC)CC. The number of nitrogens with two attached hydrogens (primary N) is 1. The van der Waals surface area contributed by atoms with Crippen LogP contribution in [0, 0.1) is 0 Å². The first-order chi connectivity index (χ1) is 7.16. The molecule has 3 nitrogen and oxygen atoms in total. The molecule has 1 atom stereocenters. The van der Waals surface area contributed by atoms with Crippen molar-refractivity contribution in [3.05, 3.63) is 0 Å². The molecular weight excluding hydrogens is 186 g/mol. The van der Waals surface area contributed by atoms with Gasteiger partial charge in [0.05, 0.1) is 0 Å². The highest BCUT2D eigenvalue weighted by Gasteiger charge is 2.38. The van der Waals surface area contributed by atoms with Crippen LogP contribution in [0.2, 0.25) is 0 Å². The summed E-state index contributed by atoms with van der Waals surface area (Å²) in [5.74, 6) is 5.69. The molecule has 0 aliphatic heterocycles. The molecule has 92 valence electrons. The minimum absolute atomic E-state index is 0.215. The molecule has 0 radical (unpaired) electrons. The van der Waals surface area contributed by atoms with Gasteiger partial charge in [-0.1, -0.05) is 34.6 Å². The molecule has 0 aromatic heterocycles. The van der Waals surface area contributed by atoms with E-state index in [4.69, 9.17) is 5.84 Å². The van der Waals surface area contributed by atoms with Gasteiger partial charge in [0, 0.05) is 11.6 Å². The predicted octanol–water partition coefficient (Wildman–Crippen LogP) is 2.13. The Bertz CT molecular complexity index is 133. The summed E-state index contributed by atoms with van der Waals surface area (Å²) in [4.78, 5) is 2.54. The summed E-state index contributed by atoms with van der Waals surface area (Å²) in [6, 6.07) is 0.382. The molecule has 3 N–H and O–H groups in total. The molecule has 0 amide bonds. The fraction of sp³-hybridized carbons (Fsp3) is 1.00. The van der Waals surface area contributed by atoms with Gasteiger partial charge < -0.3 is 0 Å². The third-order valence-electron chi connectivity index (χ3n) is 3.88. The van der Waals surface area contributed by atoms with Crippen molar-refractivity contribution >= 4 is 0 Å². The smallest absolute Gasteiger partial charge is 0.0391 e. The minimum atomic E-state index is 0.215. The summed E-state index contributed by atoms with van der Waals surface area (Å²) in [7, 11) is 0. The minimum Gasteiger partial charge on any atom is -0.297 e. The van der Waals surface area contributed by atoms with Gasteiger partial charge in [0.15, 0.2) is 0 Å². The van der Waals surface area contributed by atoms with E-state index in [-0.39, 0.29) is 5.54 Å². The summed E-state index contributed by atoms with van der Waals surface area (Å²) < 4.78 is 0. The second-order valence-electron chi connectivity index (χ2n) is 4.11. The van der Waals surface area contributed by atoms with Crippen LogP contribution in [-0.4, -0.2) is 29.6 Å². The van der Waals surface area contributed by atoms with E-state index in [0.717, 1.165) is 32.4 Å². The molecule has 0 rings (SSSR count). The molecule has 0 aromatic carbocycles. The first-order valence-corrected chi connectivity index (χ1v) is 6.37. The Morgan fingerprint density at radius 1 is 1.07 bits per heavy atom. The van der Waals surface area contributed by atoms with Crippen LogP contribution in [0.15, 0.2) is 0 Å². The molecule has 0 bridgehead atoms. The van der Waals surface area contributed by atoms with E-state index in [2.05, 4.69) is 44.9 Å². The Kier molecular flexibility index (Phi) is 7.14. The van der Waals surface area contributed by atoms with Crippen LogP contribution in [0.5, 0.6) is 0 Å². The van der Waals surface area contributed by atoms with Crippen LogP contribution in [0.1, 0.15) is 53.9 Å². The monoisotopic (exact) mass is 215 g/mol. The summed E-state index contributed by atoms with van der Waals surface area (Å²) in [6.45, 7) is 13.4. The Labute approximate surface area is 95.4 Å². The van der Waals surface area contributed by atoms with Gasteiger partial charge >= 0.3 is 0 Å². The van der Waals surface area contributed by atoms with Gasteiger partial charge in [0.2, 0.25) is 0 Å². The average Bonchev–Trinajstić information content (AvgIpc) is 2.29. The summed E-state index contributed by atoms with van der Waals surface area (Å²) in [6.07, 6.45) is 3.37. The van der Waals surface area contributed by atoms with Crippen LogP contribution < -0.4 is 11.3 Å². The maximum atomic E-state index is 5.69. The zero-order chi connectivity index (χ0) is 11.9. The molecule has 0 saturated carbocycles. The zero-order valence-corrected chi connectivity index (χ0v) is 11.1. The van der Waals surface area contributed by atoms with Crippen molar-refractivity contribution in [2.75, 3.05) is 13.1 Å². The summed E-state index contributed by atoms with van der Waals surface area (Å²) in [5.41, 5.74) is 3.22. The van der Waals surface area contributed by atoms with Crippen LogP contribution in [0.3, 0.4) is 0 Å². The van der Waals surface area contributed by atoms with Gasteiger partial charge in [-0.2, -0.15) is 0 Å². The standard InChI is InChI=1S/C12H29N3/c1-6-11(14-13)12(7-2,8-3)15(9-4)10-5/h11,14H,6-10,13H2,1-5H3. The molecule has 0 fully saturated rings. The molecule has 0 saturated heterocycles. The number of nitrogens with zero attached hydrogens (tertiary/aromatic N) is 1. The highest BCUT2D eigenvalue weighted by atomic mass is 15.3. The van der Waals surface area contributed by atoms with Crippen molar-refractivity contribution in [1.29, 1.82) is 0 Å². The molecule has 0 aliphatic carbocycles. The lowest BCUT2D eigenvalue weighted by Gasteiger charge is -2.47. The van der Waals surface area contributed by atoms with Crippen molar-refractivity contribution in [3.8, 4) is 0 Å². The first kappa shape index (κ1) is 14.9. The molecule has 3 heteroatoms. The molecule has 0 heterocycles. The fourth-order valence-corrected chi connectivity index (χ4v) is 2.92. The molecule has 0 spiro atoms. The van der Waals surface area contributed by atoms with Crippen molar-refractivity contribution in [1.82, 2.24) is 10.3 Å². The number of nitrogens with one attached hydrogen (secondary N) is 1. The quantitative estimate of drug-likeness (QED) is 0.481. The Hall–Kier alpha value is -0.120. The van der Waals surface area contributed by atoms with E-state index in [1.807, 2.05) is 0 Å². The van der Waals surface area contributed by atoms with Crippen molar-refractivity contribution in [3.63, 3.8) is 0 Å². The number of hydrazine groups is 1. The molecule has 1 unspecified atom stereocenters. The van der Waals surface area contributed by atoms with E-state index < -0.39 is 0 Å². The fourth-order valence-electron chi connectivity index (χ4n) is 2.92. The Morgan fingerprint density at radius 3 is 1.73 bits per heavy atom. The van der Waals surface area contributed by atoms with Crippen molar-refractivity contribution < 1.29 is 0 Å². The lowest BCUT2D eigenvalue weighted by Crippen LogP contribution is -2.62. The van der Waals surface area contributed by atoms with Crippen LogP contribution in [0.25, 0.3) is 0 Å². The van der Waals surface area contributed by atoms with E-state index in [1.54, 1.807) is 0 Å². The number of rotatable bonds is 8. The Balaban J connectivity index is 4.98. The third-order valence-corrected chi connectivity index (χ3v) is 3.88. The highest BCUT2D eigenvalue weighted by Crippen LogP contribution is 2.29. The highest BCUT2D eigenvalue weighted by molar-refractivity contribution is 4.97. The summed E-state index contributed by atoms with van der Waals surface area (Å²) in [5, 5.41) is 0. The van der Waals surface area contributed by atoms with E-state index >= 15 is 0 Å². The summed E-state index contributed by atoms with van der Waals surface area (Å²) >= 11 is 0. The molecule has 0 aliphatic rings. The number of likely N-dealkylation sites (N-methyl/N-ethyl adjacent to an activating group) is 1. The van der Waals surface area contributed by atoms with Crippen molar-refractivity contribution in [2.45, 2.75) is 65.5 Å². The second-order valence-corrected chi connectivity index (χ2v) is 4.11. The zero-order valence-electron chi connectivity index (χ0n) is 11.1. The largest absolute Gasteiger partial charge is 0.297 e. The van der Waals surface area contributed by atoms with Gasteiger partial charge in [-0.15, -0.1) is 0 Å². The van der Waals surface area contributed by atoms with E-state index in [0.29, 0.717) is 6.04 Å². The van der Waals surface area contributed by atoms with Gasteiger partial charge in [-0.25, -0.2) is 0 Å². The van der Waals surface area contributed by atoms with Crippen molar-refractivity contribution in [2.24, 2.45) is 5.84 Å². The average molecular weight is 215 g/mol. The third kappa shape index (κ3) is 2.92. The van der Waals surface area contributed by atoms with Gasteiger partial charge in [0.1, 0.15) is 0 Å². The van der Waals surface area contributed by atoms with Crippen LogP contribution in [0.4, 0.5) is 0 Å². The lowest BCUT2D eigenvalue weighted by molar-refractivity contribution is 0.0478. The molecule has 0 aromatic rings. The topological polar surface area (TPSA) is 41.3 Å². The van der Waals surface area contributed by atoms with E-state index in [1.165, 1.54) is 0 Å². The number of hydrogen-bond acceptors (Lipinski definition) is 3. The van der Waals surface area contributed by atoms with E-state index in [9.17, 15) is 0 Å².